The average molecular weight is 448 g/mol. The van der Waals surface area contributed by atoms with E-state index in [0.717, 1.165) is 11.1 Å². The Labute approximate surface area is 193 Å². The molecule has 0 aliphatic heterocycles. The number of nitrogens with one attached hydrogen (secondary N) is 3. The zero-order chi connectivity index (χ0) is 24.0. The van der Waals surface area contributed by atoms with Crippen LogP contribution in [0.25, 0.3) is 11.1 Å². The van der Waals surface area contributed by atoms with Crippen LogP contribution in [-0.2, 0) is 17.8 Å². The molecule has 0 aliphatic carbocycles. The predicted octanol–water partition coefficient (Wildman–Crippen LogP) is 4.29. The lowest BCUT2D eigenvalue weighted by Crippen LogP contribution is -2.25. The summed E-state index contributed by atoms with van der Waals surface area (Å²) in [6.45, 7) is 5.00. The standard InChI is InChI=1S/C26H30FN5O/c1-16(2)14-31-23-11-10-21(19-4-3-5-20(28)12-19)22(25(23)27)13-24(33)32-15-17-6-8-18(9-7-17)26(29)30/h3-12,16,31H,13-15,28H2,1-2H3,(H3,29,30)(H,32,33). The van der Waals surface area contributed by atoms with Gasteiger partial charge in [0, 0.05) is 29.9 Å². The molecule has 33 heavy (non-hydrogen) atoms. The molecule has 0 fully saturated rings. The summed E-state index contributed by atoms with van der Waals surface area (Å²) in [4.78, 5) is 12.8. The van der Waals surface area contributed by atoms with Crippen molar-refractivity contribution in [3.63, 3.8) is 0 Å². The van der Waals surface area contributed by atoms with Gasteiger partial charge in [0.25, 0.3) is 0 Å². The van der Waals surface area contributed by atoms with E-state index in [2.05, 4.69) is 10.6 Å². The fourth-order valence-corrected chi connectivity index (χ4v) is 3.45. The summed E-state index contributed by atoms with van der Waals surface area (Å²) in [5.41, 5.74) is 15.5. The summed E-state index contributed by atoms with van der Waals surface area (Å²) in [6.07, 6.45) is -0.112. The second-order valence-corrected chi connectivity index (χ2v) is 8.42. The van der Waals surface area contributed by atoms with Gasteiger partial charge in [0.05, 0.1) is 12.1 Å². The maximum atomic E-state index is 15.5. The molecule has 3 aromatic rings. The molecular formula is C26H30FN5O. The van der Waals surface area contributed by atoms with Gasteiger partial charge in [-0.05, 0) is 40.8 Å². The third-order valence-corrected chi connectivity index (χ3v) is 5.23. The number of amides is 1. The Balaban J connectivity index is 1.82. The lowest BCUT2D eigenvalue weighted by atomic mass is 9.95. The lowest BCUT2D eigenvalue weighted by Gasteiger charge is -2.17. The molecule has 0 saturated heterocycles. The molecule has 0 bridgehead atoms. The normalized spacial score (nSPS) is 10.8. The minimum absolute atomic E-state index is 0.0129. The quantitative estimate of drug-likeness (QED) is 0.191. The number of anilines is 2. The molecule has 0 aliphatic rings. The maximum absolute atomic E-state index is 15.5. The lowest BCUT2D eigenvalue weighted by molar-refractivity contribution is -0.120. The van der Waals surface area contributed by atoms with Gasteiger partial charge >= 0.3 is 0 Å². The van der Waals surface area contributed by atoms with Gasteiger partial charge in [0.15, 0.2) is 5.82 Å². The summed E-state index contributed by atoms with van der Waals surface area (Å²) in [5, 5.41) is 13.4. The van der Waals surface area contributed by atoms with E-state index in [-0.39, 0.29) is 24.7 Å². The van der Waals surface area contributed by atoms with Crippen LogP contribution in [0.4, 0.5) is 15.8 Å². The summed E-state index contributed by atoms with van der Waals surface area (Å²) >= 11 is 0. The van der Waals surface area contributed by atoms with Gasteiger partial charge in [-0.1, -0.05) is 56.3 Å². The molecule has 0 heterocycles. The van der Waals surface area contributed by atoms with E-state index in [0.29, 0.717) is 40.5 Å². The van der Waals surface area contributed by atoms with E-state index in [4.69, 9.17) is 16.9 Å². The number of benzene rings is 3. The molecule has 7 heteroatoms. The Kier molecular flexibility index (Phi) is 7.66. The first kappa shape index (κ1) is 23.8. The fraction of sp³-hybridized carbons (Fsp3) is 0.231. The molecule has 0 radical (unpaired) electrons. The molecule has 0 atom stereocenters. The molecule has 1 amide bonds. The highest BCUT2D eigenvalue weighted by atomic mass is 19.1. The van der Waals surface area contributed by atoms with Crippen LogP contribution in [0.2, 0.25) is 0 Å². The first-order valence-corrected chi connectivity index (χ1v) is 10.9. The number of nitrogens with two attached hydrogens (primary N) is 2. The summed E-state index contributed by atoms with van der Waals surface area (Å²) < 4.78 is 15.5. The van der Waals surface area contributed by atoms with Crippen LogP contribution in [0, 0.1) is 17.1 Å². The molecule has 0 aromatic heterocycles. The number of carbonyl (C=O) groups is 1. The van der Waals surface area contributed by atoms with Crippen LogP contribution in [0.3, 0.4) is 0 Å². The Morgan fingerprint density at radius 2 is 1.82 bits per heavy atom. The smallest absolute Gasteiger partial charge is 0.224 e. The second-order valence-electron chi connectivity index (χ2n) is 8.42. The number of amidine groups is 1. The van der Waals surface area contributed by atoms with Gasteiger partial charge in [-0.3, -0.25) is 10.2 Å². The molecule has 0 unspecified atom stereocenters. The van der Waals surface area contributed by atoms with E-state index < -0.39 is 5.82 Å². The van der Waals surface area contributed by atoms with Crippen LogP contribution >= 0.6 is 0 Å². The number of hydrogen-bond acceptors (Lipinski definition) is 4. The number of halogens is 1. The Bertz CT molecular complexity index is 1140. The largest absolute Gasteiger partial charge is 0.399 e. The number of carbonyl (C=O) groups excluding carboxylic acids is 1. The molecule has 172 valence electrons. The summed E-state index contributed by atoms with van der Waals surface area (Å²) in [5.74, 6) is -0.396. The first-order valence-electron chi connectivity index (χ1n) is 10.9. The van der Waals surface area contributed by atoms with Crippen LogP contribution in [0.5, 0.6) is 0 Å². The second kappa shape index (κ2) is 10.6. The van der Waals surface area contributed by atoms with Crippen molar-refractivity contribution in [1.82, 2.24) is 5.32 Å². The van der Waals surface area contributed by atoms with Gasteiger partial charge in [0.2, 0.25) is 5.91 Å². The van der Waals surface area contributed by atoms with Gasteiger partial charge in [-0.2, -0.15) is 0 Å². The summed E-state index contributed by atoms with van der Waals surface area (Å²) in [7, 11) is 0. The topological polar surface area (TPSA) is 117 Å². The van der Waals surface area contributed by atoms with Crippen LogP contribution in [0.1, 0.15) is 30.5 Å². The molecule has 3 aromatic carbocycles. The SMILES string of the molecule is CC(C)CNc1ccc(-c2cccc(N)c2)c(CC(=O)NCc2ccc(C(=N)N)cc2)c1F. The van der Waals surface area contributed by atoms with Crippen molar-refractivity contribution in [3.8, 4) is 11.1 Å². The number of rotatable bonds is 9. The van der Waals surface area contributed by atoms with Gasteiger partial charge in [-0.15, -0.1) is 0 Å². The van der Waals surface area contributed by atoms with Gasteiger partial charge in [-0.25, -0.2) is 4.39 Å². The van der Waals surface area contributed by atoms with Crippen molar-refractivity contribution in [1.29, 1.82) is 5.41 Å². The highest BCUT2D eigenvalue weighted by molar-refractivity contribution is 5.94. The van der Waals surface area contributed by atoms with Crippen molar-refractivity contribution in [2.24, 2.45) is 11.7 Å². The van der Waals surface area contributed by atoms with Crippen LogP contribution in [0.15, 0.2) is 60.7 Å². The van der Waals surface area contributed by atoms with Crippen LogP contribution in [-0.4, -0.2) is 18.3 Å². The zero-order valence-electron chi connectivity index (χ0n) is 18.9. The van der Waals surface area contributed by atoms with E-state index in [9.17, 15) is 4.79 Å². The summed E-state index contributed by atoms with van der Waals surface area (Å²) in [6, 6.07) is 17.8. The van der Waals surface area contributed by atoms with Crippen molar-refractivity contribution in [2.45, 2.75) is 26.8 Å². The fourth-order valence-electron chi connectivity index (χ4n) is 3.45. The average Bonchev–Trinajstić information content (AvgIpc) is 2.78. The van der Waals surface area contributed by atoms with E-state index in [1.165, 1.54) is 0 Å². The van der Waals surface area contributed by atoms with Crippen molar-refractivity contribution >= 4 is 23.1 Å². The van der Waals surface area contributed by atoms with E-state index >= 15 is 4.39 Å². The van der Waals surface area contributed by atoms with Crippen LogP contribution < -0.4 is 22.1 Å². The Morgan fingerprint density at radius 1 is 1.09 bits per heavy atom. The van der Waals surface area contributed by atoms with Crippen molar-refractivity contribution < 1.29 is 9.18 Å². The Morgan fingerprint density at radius 3 is 2.45 bits per heavy atom. The van der Waals surface area contributed by atoms with E-state index in [1.54, 1.807) is 42.5 Å². The highest BCUT2D eigenvalue weighted by Crippen LogP contribution is 2.31. The first-order chi connectivity index (χ1) is 15.7. The van der Waals surface area contributed by atoms with Gasteiger partial charge < -0.3 is 22.1 Å². The molecule has 3 rings (SSSR count). The number of nitrogen functional groups attached to an aromatic ring is 2. The minimum atomic E-state index is -0.434. The van der Waals surface area contributed by atoms with E-state index in [1.807, 2.05) is 32.0 Å². The maximum Gasteiger partial charge on any atom is 0.224 e. The third-order valence-electron chi connectivity index (χ3n) is 5.23. The monoisotopic (exact) mass is 447 g/mol. The van der Waals surface area contributed by atoms with Crippen molar-refractivity contribution in [2.75, 3.05) is 17.6 Å². The van der Waals surface area contributed by atoms with Crippen molar-refractivity contribution in [3.05, 3.63) is 83.2 Å². The molecule has 7 N–H and O–H groups in total. The highest BCUT2D eigenvalue weighted by Gasteiger charge is 2.18. The Hall–Kier alpha value is -3.87. The number of hydrogen-bond donors (Lipinski definition) is 5. The molecular weight excluding hydrogens is 417 g/mol. The predicted molar refractivity (Wildman–Crippen MR) is 133 cm³/mol. The third kappa shape index (κ3) is 6.32. The molecule has 0 spiro atoms. The molecule has 0 saturated carbocycles. The zero-order valence-corrected chi connectivity index (χ0v) is 18.9. The van der Waals surface area contributed by atoms with Gasteiger partial charge in [0.1, 0.15) is 5.84 Å². The molecule has 6 nitrogen and oxygen atoms in total. The minimum Gasteiger partial charge on any atom is -0.399 e.